The van der Waals surface area contributed by atoms with Crippen LogP contribution < -0.4 is 16.4 Å². The standard InChI is InChI=1S/C62H96N6O16/c1-37-16-12-11-13-17-38(2)51(78-8)32-46-21-19-42(6)62(77,84-46)58(73)59(74)68-25-15-14-18-48(68)60(75)82-52(33-49(69)39(3)29-41(5)56(72)57(80-10)55(71)40(4)28-37)47(63)30-44-20-22-50(53(31-44)79-9)83-61(76)64-24-27-81-26-23-54(70)67-36-45-34-65-43(7)66-35-45/h11-13,16-17,29,34-35,37,39-40,42,44,46-53,56-57,69,72,77H,14-15,18-28,30-33,36,63H2,1-10H3,(H,64,76)(H,67,70)/b13-11+,16-12+,38-17+,41-29+/t37-,39-,40?,42-,44+,46+,47-,48+,49-,50-,51+,52+,53-,56-,57+,62-/m1/s1. The number of carbonyl (C=O) groups excluding carboxylic acids is 6. The van der Waals surface area contributed by atoms with Gasteiger partial charge < -0.3 is 69.7 Å². The molecule has 2 bridgehead atoms. The summed E-state index contributed by atoms with van der Waals surface area (Å²) in [7, 11) is 4.45. The zero-order valence-electron chi connectivity index (χ0n) is 51.1. The number of cyclic esters (lactones) is 1. The number of aromatic nitrogens is 2. The van der Waals surface area contributed by atoms with E-state index < -0.39 is 108 Å². The van der Waals surface area contributed by atoms with Gasteiger partial charge in [0.15, 0.2) is 5.78 Å². The second-order valence-electron chi connectivity index (χ2n) is 23.6. The van der Waals surface area contributed by atoms with Gasteiger partial charge in [0, 0.05) is 102 Å². The third-order valence-corrected chi connectivity index (χ3v) is 17.0. The molecule has 1 aliphatic carbocycles. The highest BCUT2D eigenvalue weighted by molar-refractivity contribution is 6.39. The number of hydrogen-bond donors (Lipinski definition) is 6. The number of aryl methyl sites for hydroxylation is 1. The summed E-state index contributed by atoms with van der Waals surface area (Å²) in [4.78, 5) is 91.8. The van der Waals surface area contributed by atoms with Crippen LogP contribution in [-0.4, -0.2) is 180 Å². The third-order valence-electron chi connectivity index (χ3n) is 17.0. The predicted octanol–water partition coefficient (Wildman–Crippen LogP) is 5.22. The van der Waals surface area contributed by atoms with E-state index in [4.69, 9.17) is 38.9 Å². The number of amides is 3. The van der Waals surface area contributed by atoms with Gasteiger partial charge in [0.25, 0.3) is 11.7 Å². The number of aliphatic hydroxyl groups excluding tert-OH is 2. The average Bonchev–Trinajstić information content (AvgIpc) is 2.31. The first-order valence-electron chi connectivity index (χ1n) is 30.0. The molecule has 1 aromatic heterocycles. The molecule has 1 saturated carbocycles. The van der Waals surface area contributed by atoms with E-state index in [-0.39, 0.29) is 81.9 Å². The largest absolute Gasteiger partial charge is 0.459 e. The fourth-order valence-electron chi connectivity index (χ4n) is 11.6. The Morgan fingerprint density at radius 3 is 2.29 bits per heavy atom. The molecule has 84 heavy (non-hydrogen) atoms. The number of nitrogens with two attached hydrogens (primary N) is 1. The van der Waals surface area contributed by atoms with Gasteiger partial charge in [-0.1, -0.05) is 64.2 Å². The number of piperidine rings is 1. The van der Waals surface area contributed by atoms with Gasteiger partial charge >= 0.3 is 12.1 Å². The predicted molar refractivity (Wildman–Crippen MR) is 311 cm³/mol. The van der Waals surface area contributed by atoms with Crippen molar-refractivity contribution in [3.63, 3.8) is 0 Å². The lowest BCUT2D eigenvalue weighted by Gasteiger charge is -2.42. The maximum Gasteiger partial charge on any atom is 0.407 e. The summed E-state index contributed by atoms with van der Waals surface area (Å²) in [6.45, 7) is 13.3. The molecule has 3 aliphatic heterocycles. The van der Waals surface area contributed by atoms with Crippen molar-refractivity contribution in [3.8, 4) is 0 Å². The minimum Gasteiger partial charge on any atom is -0.459 e. The quantitative estimate of drug-likeness (QED) is 0.0568. The van der Waals surface area contributed by atoms with Crippen LogP contribution in [0, 0.1) is 36.5 Å². The number of esters is 1. The SMILES string of the molecule is CO[C@H]1C[C@@H]2CC[C@@H](C)[C@@](O)(O2)C(=O)C(=O)N2CCCC[C@H]2C(=O)O[C@H]([C@H](N)C[C@@H]2CC[C@@H](OC(=O)NCCOCCC(=O)NCc3cnc(C)nc3)[C@H](OC)C2)C[C@@H](O)[C@H](C)/C=C(\C)[C@@H](O)[C@@H](OC)C(=O)C(C)C[C@H](C)/C=C/C=C/C=C/1C. The summed E-state index contributed by atoms with van der Waals surface area (Å²) < 4.78 is 41.1. The van der Waals surface area contributed by atoms with E-state index >= 15 is 0 Å². The van der Waals surface area contributed by atoms with E-state index in [2.05, 4.69) is 20.6 Å². The number of carbonyl (C=O) groups is 6. The maximum absolute atomic E-state index is 14.6. The van der Waals surface area contributed by atoms with Crippen LogP contribution in [0.1, 0.15) is 136 Å². The van der Waals surface area contributed by atoms with E-state index in [1.807, 2.05) is 44.2 Å². The number of ketones is 2. The van der Waals surface area contributed by atoms with Gasteiger partial charge in [-0.3, -0.25) is 19.2 Å². The van der Waals surface area contributed by atoms with Crippen molar-refractivity contribution in [2.45, 2.75) is 205 Å². The third kappa shape index (κ3) is 20.4. The Hall–Kier alpha value is -5.30. The average molecular weight is 1180 g/mol. The van der Waals surface area contributed by atoms with Gasteiger partial charge in [-0.05, 0) is 108 Å². The summed E-state index contributed by atoms with van der Waals surface area (Å²) in [5.74, 6) is -7.42. The molecule has 4 aliphatic rings. The summed E-state index contributed by atoms with van der Waals surface area (Å²) in [5, 5.41) is 41.1. The van der Waals surface area contributed by atoms with E-state index in [0.29, 0.717) is 69.3 Å². The zero-order valence-corrected chi connectivity index (χ0v) is 51.1. The van der Waals surface area contributed by atoms with Crippen LogP contribution in [0.15, 0.2) is 60.0 Å². The van der Waals surface area contributed by atoms with E-state index in [9.17, 15) is 44.1 Å². The number of alkyl carbamates (subject to hydrolysis) is 1. The van der Waals surface area contributed by atoms with Crippen LogP contribution in [0.2, 0.25) is 0 Å². The first-order valence-corrected chi connectivity index (χ1v) is 30.0. The Bertz CT molecular complexity index is 2440. The van der Waals surface area contributed by atoms with Crippen molar-refractivity contribution in [2.24, 2.45) is 35.3 Å². The highest BCUT2D eigenvalue weighted by Gasteiger charge is 2.53. The Labute approximate surface area is 496 Å². The molecule has 4 heterocycles. The number of rotatable bonds is 15. The molecule has 7 N–H and O–H groups in total. The molecule has 3 amide bonds. The van der Waals surface area contributed by atoms with Crippen molar-refractivity contribution in [3.05, 3.63) is 71.4 Å². The topological polar surface area (TPSA) is 307 Å². The number of methoxy groups -OCH3 is 3. The highest BCUT2D eigenvalue weighted by Crippen LogP contribution is 2.38. The number of hydrogen-bond acceptors (Lipinski definition) is 19. The molecule has 1 unspecified atom stereocenters. The molecular weight excluding hydrogens is 1080 g/mol. The Morgan fingerprint density at radius 1 is 0.845 bits per heavy atom. The second kappa shape index (κ2) is 34.1. The van der Waals surface area contributed by atoms with Crippen molar-refractivity contribution in [1.82, 2.24) is 25.5 Å². The summed E-state index contributed by atoms with van der Waals surface area (Å²) in [6.07, 6.45) is 11.2. The molecular formula is C62H96N6O16. The number of nitrogens with zero attached hydrogens (tertiary/aromatic N) is 3. The number of allylic oxidation sites excluding steroid dienone is 5. The van der Waals surface area contributed by atoms with Gasteiger partial charge in [0.05, 0.1) is 37.6 Å². The van der Waals surface area contributed by atoms with Gasteiger partial charge in [0.2, 0.25) is 11.7 Å². The van der Waals surface area contributed by atoms with E-state index in [0.717, 1.165) is 16.0 Å². The lowest BCUT2D eigenvalue weighted by atomic mass is 9.80. The van der Waals surface area contributed by atoms with Crippen LogP contribution in [0.5, 0.6) is 0 Å². The monoisotopic (exact) mass is 1180 g/mol. The Morgan fingerprint density at radius 2 is 1.58 bits per heavy atom. The molecule has 22 heteroatoms. The van der Waals surface area contributed by atoms with Crippen LogP contribution in [0.3, 0.4) is 0 Å². The molecule has 0 aromatic carbocycles. The lowest BCUT2D eigenvalue weighted by Crippen LogP contribution is -2.61. The molecule has 5 rings (SSSR count). The van der Waals surface area contributed by atoms with Gasteiger partial charge in [-0.15, -0.1) is 0 Å². The summed E-state index contributed by atoms with van der Waals surface area (Å²) in [5.41, 5.74) is 9.05. The van der Waals surface area contributed by atoms with Gasteiger partial charge in [-0.2, -0.15) is 0 Å². The highest BCUT2D eigenvalue weighted by atomic mass is 16.6. The molecule has 16 atom stereocenters. The van der Waals surface area contributed by atoms with Crippen LogP contribution in [-0.2, 0) is 63.7 Å². The Balaban J connectivity index is 1.31. The van der Waals surface area contributed by atoms with Crippen molar-refractivity contribution < 1.29 is 77.2 Å². The molecule has 2 saturated heterocycles. The minimum atomic E-state index is -2.48. The molecule has 22 nitrogen and oxygen atoms in total. The number of nitrogens with one attached hydrogen (secondary N) is 2. The zero-order chi connectivity index (χ0) is 61.7. The number of Topliss-reactive ketones (excluding diaryl/α,β-unsaturated/α-hetero) is 2. The Kier molecular flexibility index (Phi) is 28.2. The number of aliphatic hydroxyl groups is 3. The molecule has 0 radical (unpaired) electrons. The minimum absolute atomic E-state index is 0.00890. The van der Waals surface area contributed by atoms with Crippen molar-refractivity contribution in [2.75, 3.05) is 47.6 Å². The molecule has 470 valence electrons. The lowest BCUT2D eigenvalue weighted by molar-refractivity contribution is -0.265. The first kappa shape index (κ1) is 69.5. The molecule has 3 fully saturated rings. The summed E-state index contributed by atoms with van der Waals surface area (Å²) >= 11 is 0. The number of fused-ring (bicyclic) bond motifs is 3. The van der Waals surface area contributed by atoms with Crippen LogP contribution >= 0.6 is 0 Å². The summed E-state index contributed by atoms with van der Waals surface area (Å²) in [6, 6.07) is -2.11. The fraction of sp³-hybridized carbons (Fsp3) is 0.710. The van der Waals surface area contributed by atoms with E-state index in [1.54, 1.807) is 60.2 Å². The van der Waals surface area contributed by atoms with Crippen molar-refractivity contribution in [1.29, 1.82) is 0 Å². The van der Waals surface area contributed by atoms with Crippen molar-refractivity contribution >= 4 is 35.4 Å². The van der Waals surface area contributed by atoms with Crippen LogP contribution in [0.25, 0.3) is 0 Å². The van der Waals surface area contributed by atoms with Crippen LogP contribution in [0.4, 0.5) is 4.79 Å². The van der Waals surface area contributed by atoms with Gasteiger partial charge in [-0.25, -0.2) is 19.6 Å². The molecule has 0 spiro atoms. The number of ether oxygens (including phenoxy) is 7. The van der Waals surface area contributed by atoms with E-state index in [1.165, 1.54) is 14.2 Å². The first-order chi connectivity index (χ1) is 40.0. The van der Waals surface area contributed by atoms with Gasteiger partial charge in [0.1, 0.15) is 36.3 Å². The second-order valence-corrected chi connectivity index (χ2v) is 23.6. The molecule has 1 aromatic rings. The maximum atomic E-state index is 14.6. The fourth-order valence-corrected chi connectivity index (χ4v) is 11.6. The normalized spacial score (nSPS) is 34.6. The smallest absolute Gasteiger partial charge is 0.407 e.